The van der Waals surface area contributed by atoms with Gasteiger partial charge in [0.25, 0.3) is 0 Å². The molecule has 0 radical (unpaired) electrons. The number of carboxylic acid groups (broad SMARTS) is 2. The molecule has 100 valence electrons. The Kier molecular flexibility index (Phi) is 10.4. The predicted molar refractivity (Wildman–Crippen MR) is 65.2 cm³/mol. The van der Waals surface area contributed by atoms with Crippen LogP contribution in [0.2, 0.25) is 0 Å². The van der Waals surface area contributed by atoms with Gasteiger partial charge in [0.05, 0.1) is 0 Å². The third-order valence-electron chi connectivity index (χ3n) is 2.59. The standard InChI is InChI=1S/C12H23NO4/c14-11(15)9-7-5-3-1-2-4-6-8-10-13-12(16)17/h13H,1-10H2,(H,14,15)(H,16,17). The molecule has 0 heterocycles. The van der Waals surface area contributed by atoms with Crippen molar-refractivity contribution in [3.05, 3.63) is 0 Å². The zero-order chi connectivity index (χ0) is 12.9. The van der Waals surface area contributed by atoms with Crippen molar-refractivity contribution < 1.29 is 19.8 Å². The summed E-state index contributed by atoms with van der Waals surface area (Å²) < 4.78 is 0. The van der Waals surface area contributed by atoms with Gasteiger partial charge in [0, 0.05) is 13.0 Å². The molecule has 0 rings (SSSR count). The highest BCUT2D eigenvalue weighted by Crippen LogP contribution is 2.09. The molecule has 0 fully saturated rings. The van der Waals surface area contributed by atoms with Crippen molar-refractivity contribution in [2.24, 2.45) is 0 Å². The van der Waals surface area contributed by atoms with Gasteiger partial charge >= 0.3 is 12.1 Å². The molecule has 0 aromatic carbocycles. The van der Waals surface area contributed by atoms with E-state index < -0.39 is 12.1 Å². The Bertz CT molecular complexity index is 197. The predicted octanol–water partition coefficient (Wildman–Crippen LogP) is 2.85. The van der Waals surface area contributed by atoms with Crippen LogP contribution >= 0.6 is 0 Å². The van der Waals surface area contributed by atoms with E-state index in [1.807, 2.05) is 0 Å². The summed E-state index contributed by atoms with van der Waals surface area (Å²) in [7, 11) is 0. The molecule has 0 aromatic heterocycles. The maximum absolute atomic E-state index is 10.2. The molecule has 0 aliphatic rings. The average Bonchev–Trinajstić information content (AvgIpc) is 2.25. The molecule has 1 amide bonds. The van der Waals surface area contributed by atoms with Gasteiger partial charge in [0.2, 0.25) is 0 Å². The highest BCUT2D eigenvalue weighted by atomic mass is 16.4. The normalized spacial score (nSPS) is 10.1. The van der Waals surface area contributed by atoms with Crippen LogP contribution in [-0.4, -0.2) is 28.8 Å². The van der Waals surface area contributed by atoms with Crippen LogP contribution < -0.4 is 5.32 Å². The smallest absolute Gasteiger partial charge is 0.404 e. The number of amides is 1. The summed E-state index contributed by atoms with van der Waals surface area (Å²) in [5, 5.41) is 19.1. The van der Waals surface area contributed by atoms with E-state index in [1.165, 1.54) is 0 Å². The van der Waals surface area contributed by atoms with Crippen molar-refractivity contribution in [2.45, 2.75) is 57.8 Å². The average molecular weight is 245 g/mol. The van der Waals surface area contributed by atoms with Gasteiger partial charge in [0.15, 0.2) is 0 Å². The molecule has 0 saturated carbocycles. The van der Waals surface area contributed by atoms with Gasteiger partial charge in [-0.3, -0.25) is 4.79 Å². The summed E-state index contributed by atoms with van der Waals surface area (Å²) in [6.07, 6.45) is 7.56. The molecule has 0 aromatic rings. The van der Waals surface area contributed by atoms with Gasteiger partial charge in [-0.25, -0.2) is 4.79 Å². The third-order valence-corrected chi connectivity index (χ3v) is 2.59. The largest absolute Gasteiger partial charge is 0.481 e. The van der Waals surface area contributed by atoms with Crippen LogP contribution in [0, 0.1) is 0 Å². The van der Waals surface area contributed by atoms with E-state index in [-0.39, 0.29) is 6.42 Å². The molecule has 17 heavy (non-hydrogen) atoms. The highest BCUT2D eigenvalue weighted by Gasteiger charge is 1.97. The second-order valence-corrected chi connectivity index (χ2v) is 4.20. The van der Waals surface area contributed by atoms with Crippen molar-refractivity contribution in [3.63, 3.8) is 0 Å². The van der Waals surface area contributed by atoms with Crippen molar-refractivity contribution in [1.29, 1.82) is 0 Å². The molecule has 0 aliphatic heterocycles. The number of hydrogen-bond acceptors (Lipinski definition) is 2. The fraction of sp³-hybridized carbons (Fsp3) is 0.833. The first-order valence-corrected chi connectivity index (χ1v) is 6.31. The van der Waals surface area contributed by atoms with Gasteiger partial charge in [-0.05, 0) is 12.8 Å². The number of nitrogens with one attached hydrogen (secondary N) is 1. The van der Waals surface area contributed by atoms with Crippen LogP contribution in [0.15, 0.2) is 0 Å². The van der Waals surface area contributed by atoms with E-state index in [0.717, 1.165) is 51.4 Å². The zero-order valence-electron chi connectivity index (χ0n) is 10.3. The Morgan fingerprint density at radius 1 is 0.765 bits per heavy atom. The lowest BCUT2D eigenvalue weighted by molar-refractivity contribution is -0.137. The van der Waals surface area contributed by atoms with Gasteiger partial charge in [-0.1, -0.05) is 38.5 Å². The molecule has 5 nitrogen and oxygen atoms in total. The summed E-state index contributed by atoms with van der Waals surface area (Å²) in [4.78, 5) is 20.4. The number of rotatable bonds is 11. The van der Waals surface area contributed by atoms with Crippen LogP contribution in [0.3, 0.4) is 0 Å². The zero-order valence-corrected chi connectivity index (χ0v) is 10.3. The molecule has 0 unspecified atom stereocenters. The van der Waals surface area contributed by atoms with E-state index in [4.69, 9.17) is 10.2 Å². The van der Waals surface area contributed by atoms with Crippen LogP contribution in [0.25, 0.3) is 0 Å². The highest BCUT2D eigenvalue weighted by molar-refractivity contribution is 5.66. The van der Waals surface area contributed by atoms with Crippen LogP contribution in [0.1, 0.15) is 57.8 Å². The summed E-state index contributed by atoms with van der Waals surface area (Å²) >= 11 is 0. The Balaban J connectivity index is 2.98. The number of carbonyl (C=O) groups is 2. The Labute approximate surface area is 102 Å². The second kappa shape index (κ2) is 11.2. The first-order valence-electron chi connectivity index (χ1n) is 6.31. The first kappa shape index (κ1) is 15.7. The lowest BCUT2D eigenvalue weighted by Gasteiger charge is -2.02. The van der Waals surface area contributed by atoms with E-state index in [2.05, 4.69) is 5.32 Å². The van der Waals surface area contributed by atoms with Crippen LogP contribution in [-0.2, 0) is 4.79 Å². The summed E-state index contributed by atoms with van der Waals surface area (Å²) in [5.41, 5.74) is 0. The third kappa shape index (κ3) is 14.7. The fourth-order valence-electron chi connectivity index (χ4n) is 1.66. The van der Waals surface area contributed by atoms with Gasteiger partial charge in [-0.2, -0.15) is 0 Å². The number of unbranched alkanes of at least 4 members (excludes halogenated alkanes) is 7. The molecule has 5 heteroatoms. The number of hydrogen-bond donors (Lipinski definition) is 3. The maximum atomic E-state index is 10.2. The Hall–Kier alpha value is -1.26. The number of aliphatic carboxylic acids is 1. The second-order valence-electron chi connectivity index (χ2n) is 4.20. The fourth-order valence-corrected chi connectivity index (χ4v) is 1.66. The topological polar surface area (TPSA) is 86.6 Å². The van der Waals surface area contributed by atoms with E-state index in [0.29, 0.717) is 6.54 Å². The lowest BCUT2D eigenvalue weighted by atomic mass is 10.1. The molecule has 0 spiro atoms. The Morgan fingerprint density at radius 2 is 1.24 bits per heavy atom. The summed E-state index contributed by atoms with van der Waals surface area (Å²) in [6, 6.07) is 0. The monoisotopic (exact) mass is 245 g/mol. The van der Waals surface area contributed by atoms with Crippen LogP contribution in [0.5, 0.6) is 0 Å². The minimum Gasteiger partial charge on any atom is -0.481 e. The minimum absolute atomic E-state index is 0.279. The first-order chi connectivity index (χ1) is 8.13. The summed E-state index contributed by atoms with van der Waals surface area (Å²) in [5.74, 6) is -0.712. The van der Waals surface area contributed by atoms with Crippen molar-refractivity contribution in [2.75, 3.05) is 6.54 Å². The molecule has 0 atom stereocenters. The molecule has 3 N–H and O–H groups in total. The SMILES string of the molecule is O=C(O)CCCCCCCCCCNC(=O)O. The van der Waals surface area contributed by atoms with Gasteiger partial charge < -0.3 is 15.5 Å². The molecular weight excluding hydrogens is 222 g/mol. The van der Waals surface area contributed by atoms with Crippen LogP contribution in [0.4, 0.5) is 4.79 Å². The maximum Gasteiger partial charge on any atom is 0.404 e. The Morgan fingerprint density at radius 3 is 1.71 bits per heavy atom. The summed E-state index contributed by atoms with van der Waals surface area (Å²) in [6.45, 7) is 0.536. The minimum atomic E-state index is -0.955. The quantitative estimate of drug-likeness (QED) is 0.488. The molecule has 0 saturated heterocycles. The van der Waals surface area contributed by atoms with E-state index >= 15 is 0 Å². The van der Waals surface area contributed by atoms with Gasteiger partial charge in [-0.15, -0.1) is 0 Å². The van der Waals surface area contributed by atoms with Gasteiger partial charge in [0.1, 0.15) is 0 Å². The van der Waals surface area contributed by atoms with E-state index in [1.54, 1.807) is 0 Å². The molecular formula is C12H23NO4. The van der Waals surface area contributed by atoms with Crippen molar-refractivity contribution in [3.8, 4) is 0 Å². The lowest BCUT2D eigenvalue weighted by Crippen LogP contribution is -2.21. The van der Waals surface area contributed by atoms with E-state index in [9.17, 15) is 9.59 Å². The van der Waals surface area contributed by atoms with Crippen molar-refractivity contribution >= 4 is 12.1 Å². The number of carboxylic acids is 1. The molecule has 0 aliphatic carbocycles. The van der Waals surface area contributed by atoms with Crippen molar-refractivity contribution in [1.82, 2.24) is 5.32 Å². The molecule has 0 bridgehead atoms.